The fourth-order valence-electron chi connectivity index (χ4n) is 4.31. The SMILES string of the molecule is CCC1CCCCN1CCC(=O)N1CCc2cc(OC)c(OC)cc2C1. The smallest absolute Gasteiger partial charge is 0.224 e. The zero-order valence-electron chi connectivity index (χ0n) is 16.4. The van der Waals surface area contributed by atoms with E-state index in [4.69, 9.17) is 9.47 Å². The number of carbonyl (C=O) groups excluding carboxylic acids is 1. The van der Waals surface area contributed by atoms with Gasteiger partial charge in [-0.1, -0.05) is 13.3 Å². The Bertz CT molecular complexity index is 632. The lowest BCUT2D eigenvalue weighted by Gasteiger charge is -2.36. The highest BCUT2D eigenvalue weighted by Gasteiger charge is 2.25. The molecule has 1 atom stereocenters. The molecule has 3 rings (SSSR count). The minimum absolute atomic E-state index is 0.269. The number of rotatable bonds is 6. The third-order valence-electron chi connectivity index (χ3n) is 5.90. The van der Waals surface area contributed by atoms with Gasteiger partial charge in [-0.15, -0.1) is 0 Å². The molecule has 5 heteroatoms. The van der Waals surface area contributed by atoms with E-state index < -0.39 is 0 Å². The van der Waals surface area contributed by atoms with Crippen LogP contribution in [-0.4, -0.2) is 55.6 Å². The van der Waals surface area contributed by atoms with Gasteiger partial charge in [0.25, 0.3) is 0 Å². The molecule has 2 heterocycles. The molecule has 0 bridgehead atoms. The summed E-state index contributed by atoms with van der Waals surface area (Å²) in [5, 5.41) is 0. The maximum Gasteiger partial charge on any atom is 0.224 e. The predicted octanol–water partition coefficient (Wildman–Crippen LogP) is 3.24. The molecule has 144 valence electrons. The standard InChI is InChI=1S/C21H32N2O3/c1-4-18-7-5-6-10-22(18)12-9-21(24)23-11-8-16-13-19(25-2)20(26-3)14-17(16)15-23/h13-14,18H,4-12,15H2,1-3H3. The van der Waals surface area contributed by atoms with E-state index in [9.17, 15) is 4.79 Å². The first-order valence-corrected chi connectivity index (χ1v) is 9.91. The molecule has 1 saturated heterocycles. The fraction of sp³-hybridized carbons (Fsp3) is 0.667. The Hall–Kier alpha value is -1.75. The Morgan fingerprint density at radius 2 is 1.85 bits per heavy atom. The monoisotopic (exact) mass is 360 g/mol. The van der Waals surface area contributed by atoms with Crippen LogP contribution >= 0.6 is 0 Å². The summed E-state index contributed by atoms with van der Waals surface area (Å²) in [4.78, 5) is 17.3. The van der Waals surface area contributed by atoms with Crippen molar-refractivity contribution in [2.24, 2.45) is 0 Å². The lowest BCUT2D eigenvalue weighted by atomic mass is 9.98. The first kappa shape index (κ1) is 19.0. The summed E-state index contributed by atoms with van der Waals surface area (Å²) in [7, 11) is 3.31. The van der Waals surface area contributed by atoms with Crippen molar-refractivity contribution < 1.29 is 14.3 Å². The molecular weight excluding hydrogens is 328 g/mol. The topological polar surface area (TPSA) is 42.0 Å². The van der Waals surface area contributed by atoms with Crippen LogP contribution in [0.3, 0.4) is 0 Å². The van der Waals surface area contributed by atoms with Gasteiger partial charge in [0.1, 0.15) is 0 Å². The third kappa shape index (κ3) is 4.14. The summed E-state index contributed by atoms with van der Waals surface area (Å²) in [5.41, 5.74) is 2.43. The average Bonchev–Trinajstić information content (AvgIpc) is 2.70. The van der Waals surface area contributed by atoms with E-state index in [-0.39, 0.29) is 5.91 Å². The van der Waals surface area contributed by atoms with Crippen molar-refractivity contribution in [2.45, 2.75) is 58.0 Å². The van der Waals surface area contributed by atoms with Gasteiger partial charge in [0.15, 0.2) is 11.5 Å². The van der Waals surface area contributed by atoms with Gasteiger partial charge in [-0.25, -0.2) is 0 Å². The van der Waals surface area contributed by atoms with E-state index in [1.54, 1.807) is 14.2 Å². The first-order valence-electron chi connectivity index (χ1n) is 9.91. The van der Waals surface area contributed by atoms with Gasteiger partial charge in [0.05, 0.1) is 14.2 Å². The number of ether oxygens (including phenoxy) is 2. The van der Waals surface area contributed by atoms with Gasteiger partial charge in [-0.2, -0.15) is 0 Å². The van der Waals surface area contributed by atoms with E-state index in [0.717, 1.165) is 37.6 Å². The highest BCUT2D eigenvalue weighted by molar-refractivity contribution is 5.76. The summed E-state index contributed by atoms with van der Waals surface area (Å²) < 4.78 is 10.8. The number of nitrogens with zero attached hydrogens (tertiary/aromatic N) is 2. The normalized spacial score (nSPS) is 20.6. The Morgan fingerprint density at radius 3 is 2.54 bits per heavy atom. The second-order valence-electron chi connectivity index (χ2n) is 7.39. The van der Waals surface area contributed by atoms with E-state index in [1.807, 2.05) is 11.0 Å². The number of benzene rings is 1. The van der Waals surface area contributed by atoms with Crippen LogP contribution in [0.15, 0.2) is 12.1 Å². The number of methoxy groups -OCH3 is 2. The lowest BCUT2D eigenvalue weighted by Crippen LogP contribution is -2.42. The maximum atomic E-state index is 12.8. The quantitative estimate of drug-likeness (QED) is 0.781. The Morgan fingerprint density at radius 1 is 1.12 bits per heavy atom. The Kier molecular flexibility index (Phi) is 6.41. The average molecular weight is 360 g/mol. The number of hydrogen-bond donors (Lipinski definition) is 0. The van der Waals surface area contributed by atoms with E-state index >= 15 is 0 Å². The predicted molar refractivity (Wildman–Crippen MR) is 103 cm³/mol. The summed E-state index contributed by atoms with van der Waals surface area (Å²) in [5.74, 6) is 1.77. The van der Waals surface area contributed by atoms with Crippen LogP contribution in [0.2, 0.25) is 0 Å². The second-order valence-corrected chi connectivity index (χ2v) is 7.39. The minimum atomic E-state index is 0.269. The molecule has 5 nitrogen and oxygen atoms in total. The van der Waals surface area contributed by atoms with Crippen molar-refractivity contribution in [1.82, 2.24) is 9.80 Å². The molecule has 1 aromatic rings. The summed E-state index contributed by atoms with van der Waals surface area (Å²) in [6, 6.07) is 4.73. The fourth-order valence-corrected chi connectivity index (χ4v) is 4.31. The molecule has 1 fully saturated rings. The van der Waals surface area contributed by atoms with Crippen LogP contribution < -0.4 is 9.47 Å². The number of piperidine rings is 1. The maximum absolute atomic E-state index is 12.8. The lowest BCUT2D eigenvalue weighted by molar-refractivity contribution is -0.132. The molecule has 1 unspecified atom stereocenters. The van der Waals surface area contributed by atoms with Crippen LogP contribution in [-0.2, 0) is 17.8 Å². The number of hydrogen-bond acceptors (Lipinski definition) is 4. The van der Waals surface area contributed by atoms with Crippen LogP contribution in [0.5, 0.6) is 11.5 Å². The van der Waals surface area contributed by atoms with Gasteiger partial charge in [0.2, 0.25) is 5.91 Å². The second kappa shape index (κ2) is 8.76. The first-order chi connectivity index (χ1) is 12.7. The molecule has 0 aromatic heterocycles. The van der Waals surface area contributed by atoms with E-state index in [1.165, 1.54) is 36.8 Å². The van der Waals surface area contributed by atoms with Crippen molar-refractivity contribution in [1.29, 1.82) is 0 Å². The van der Waals surface area contributed by atoms with E-state index in [2.05, 4.69) is 17.9 Å². The zero-order valence-corrected chi connectivity index (χ0v) is 16.4. The molecule has 26 heavy (non-hydrogen) atoms. The van der Waals surface area contributed by atoms with Gasteiger partial charge >= 0.3 is 0 Å². The van der Waals surface area contributed by atoms with Crippen LogP contribution in [0, 0.1) is 0 Å². The number of carbonyl (C=O) groups is 1. The molecule has 0 aliphatic carbocycles. The number of likely N-dealkylation sites (tertiary alicyclic amines) is 1. The summed E-state index contributed by atoms with van der Waals surface area (Å²) in [6.45, 7) is 5.76. The number of amides is 1. The molecule has 2 aliphatic rings. The summed E-state index contributed by atoms with van der Waals surface area (Å²) >= 11 is 0. The third-order valence-corrected chi connectivity index (χ3v) is 5.90. The zero-order chi connectivity index (χ0) is 18.5. The minimum Gasteiger partial charge on any atom is -0.493 e. The molecule has 1 amide bonds. The van der Waals surface area contributed by atoms with Gasteiger partial charge in [0, 0.05) is 32.1 Å². The largest absolute Gasteiger partial charge is 0.493 e. The molecule has 1 aromatic carbocycles. The van der Waals surface area contributed by atoms with Crippen molar-refractivity contribution in [3.63, 3.8) is 0 Å². The highest BCUT2D eigenvalue weighted by atomic mass is 16.5. The van der Waals surface area contributed by atoms with Gasteiger partial charge in [-0.3, -0.25) is 9.69 Å². The Balaban J connectivity index is 1.60. The van der Waals surface area contributed by atoms with Gasteiger partial charge in [-0.05, 0) is 55.5 Å². The Labute approximate surface area is 157 Å². The van der Waals surface area contributed by atoms with Crippen molar-refractivity contribution in [3.8, 4) is 11.5 Å². The van der Waals surface area contributed by atoms with Crippen molar-refractivity contribution in [2.75, 3.05) is 33.9 Å². The van der Waals surface area contributed by atoms with Gasteiger partial charge < -0.3 is 14.4 Å². The molecule has 2 aliphatic heterocycles. The van der Waals surface area contributed by atoms with Crippen molar-refractivity contribution in [3.05, 3.63) is 23.3 Å². The van der Waals surface area contributed by atoms with Crippen LogP contribution in [0.4, 0.5) is 0 Å². The molecule has 0 radical (unpaired) electrons. The molecule has 0 saturated carbocycles. The van der Waals surface area contributed by atoms with E-state index in [0.29, 0.717) is 19.0 Å². The van der Waals surface area contributed by atoms with Crippen molar-refractivity contribution >= 4 is 5.91 Å². The molecule has 0 N–H and O–H groups in total. The van der Waals surface area contributed by atoms with Crippen LogP contribution in [0.1, 0.15) is 50.2 Å². The van der Waals surface area contributed by atoms with Crippen LogP contribution in [0.25, 0.3) is 0 Å². The molecule has 0 spiro atoms. The highest BCUT2D eigenvalue weighted by Crippen LogP contribution is 2.33. The number of fused-ring (bicyclic) bond motifs is 1. The summed E-state index contributed by atoms with van der Waals surface area (Å²) in [6.07, 6.45) is 6.57. The molecular formula is C21H32N2O3.